The number of aliphatic hydroxyl groups excluding tert-OH is 4. The minimum absolute atomic E-state index is 0.630. The maximum atomic E-state index is 10.5. The lowest BCUT2D eigenvalue weighted by molar-refractivity contribution is -0.233. The van der Waals surface area contributed by atoms with Crippen molar-refractivity contribution in [1.29, 1.82) is 0 Å². The van der Waals surface area contributed by atoms with Gasteiger partial charge in [0.05, 0.1) is 6.61 Å². The normalized spacial score (nSPS) is 43.6. The highest BCUT2D eigenvalue weighted by molar-refractivity contribution is 5.73. The summed E-state index contributed by atoms with van der Waals surface area (Å²) in [4.78, 5) is 10.5. The van der Waals surface area contributed by atoms with Crippen molar-refractivity contribution in [2.45, 2.75) is 30.5 Å². The fraction of sp³-hybridized carbons (Fsp3) is 0.857. The molecule has 0 aromatic heterocycles. The molecule has 7 nitrogen and oxygen atoms in total. The van der Waals surface area contributed by atoms with Crippen LogP contribution >= 0.6 is 0 Å². The zero-order valence-corrected chi connectivity index (χ0v) is 7.15. The molecule has 7 heteroatoms. The van der Waals surface area contributed by atoms with Crippen molar-refractivity contribution in [1.82, 2.24) is 0 Å². The molecule has 5 atom stereocenters. The lowest BCUT2D eigenvalue weighted by Gasteiger charge is -2.38. The standard InChI is InChI=1S/C7H12O7/c8-1-2-3(9)4(10)5(11)6(14-2)7(12)13/h2-6,8-11H,1H2,(H,12,13)/t2-,3-,4-,5+,6-/m1/s1. The molecule has 5 N–H and O–H groups in total. The summed E-state index contributed by atoms with van der Waals surface area (Å²) in [5.74, 6) is -1.46. The van der Waals surface area contributed by atoms with E-state index in [4.69, 9.17) is 10.2 Å². The van der Waals surface area contributed by atoms with Crippen LogP contribution in [0.1, 0.15) is 0 Å². The van der Waals surface area contributed by atoms with Gasteiger partial charge in [-0.1, -0.05) is 0 Å². The van der Waals surface area contributed by atoms with Crippen molar-refractivity contribution in [2.24, 2.45) is 0 Å². The first-order valence-corrected chi connectivity index (χ1v) is 4.02. The molecule has 82 valence electrons. The van der Waals surface area contributed by atoms with Crippen LogP contribution in [0, 0.1) is 0 Å². The minimum atomic E-state index is -1.70. The Kier molecular flexibility index (Phi) is 3.40. The average molecular weight is 208 g/mol. The van der Waals surface area contributed by atoms with E-state index in [1.807, 2.05) is 0 Å². The Morgan fingerprint density at radius 1 is 1.14 bits per heavy atom. The van der Waals surface area contributed by atoms with E-state index in [9.17, 15) is 20.1 Å². The summed E-state index contributed by atoms with van der Waals surface area (Å²) in [5.41, 5.74) is 0. The molecule has 0 amide bonds. The van der Waals surface area contributed by atoms with E-state index in [-0.39, 0.29) is 0 Å². The summed E-state index contributed by atoms with van der Waals surface area (Å²) < 4.78 is 4.68. The Morgan fingerprint density at radius 2 is 1.71 bits per heavy atom. The van der Waals surface area contributed by atoms with Gasteiger partial charge in [0, 0.05) is 0 Å². The molecule has 14 heavy (non-hydrogen) atoms. The first kappa shape index (κ1) is 11.3. The van der Waals surface area contributed by atoms with Gasteiger partial charge in [-0.25, -0.2) is 4.79 Å². The Labute approximate surface area is 79.2 Å². The van der Waals surface area contributed by atoms with E-state index in [0.717, 1.165) is 0 Å². The average Bonchev–Trinajstić information content (AvgIpc) is 2.14. The van der Waals surface area contributed by atoms with Gasteiger partial charge in [-0.15, -0.1) is 0 Å². The molecule has 1 rings (SSSR count). The van der Waals surface area contributed by atoms with Gasteiger partial charge < -0.3 is 30.3 Å². The molecule has 0 spiro atoms. The molecular weight excluding hydrogens is 196 g/mol. The second-order valence-corrected chi connectivity index (χ2v) is 3.09. The fourth-order valence-corrected chi connectivity index (χ4v) is 1.31. The number of carbonyl (C=O) groups is 1. The first-order valence-electron chi connectivity index (χ1n) is 4.02. The van der Waals surface area contributed by atoms with Crippen LogP contribution in [0.5, 0.6) is 0 Å². The monoisotopic (exact) mass is 208 g/mol. The number of hydrogen-bond donors (Lipinski definition) is 5. The van der Waals surface area contributed by atoms with Crippen LogP contribution in [0.3, 0.4) is 0 Å². The smallest absolute Gasteiger partial charge is 0.335 e. The second-order valence-electron chi connectivity index (χ2n) is 3.09. The lowest BCUT2D eigenvalue weighted by atomic mass is 9.95. The predicted octanol–water partition coefficient (Wildman–Crippen LogP) is -3.09. The minimum Gasteiger partial charge on any atom is -0.479 e. The van der Waals surface area contributed by atoms with E-state index >= 15 is 0 Å². The van der Waals surface area contributed by atoms with Gasteiger partial charge in [0.2, 0.25) is 0 Å². The summed E-state index contributed by atoms with van der Waals surface area (Å²) in [6.07, 6.45) is -7.67. The summed E-state index contributed by atoms with van der Waals surface area (Å²) in [6.45, 7) is -0.630. The van der Waals surface area contributed by atoms with Gasteiger partial charge in [-0.3, -0.25) is 0 Å². The molecule has 0 saturated carbocycles. The zero-order chi connectivity index (χ0) is 10.9. The van der Waals surface area contributed by atoms with Crippen LogP contribution in [0.25, 0.3) is 0 Å². The molecule has 0 aromatic rings. The van der Waals surface area contributed by atoms with Gasteiger partial charge in [0.25, 0.3) is 0 Å². The molecule has 1 aliphatic heterocycles. The first-order chi connectivity index (χ1) is 6.49. The highest BCUT2D eigenvalue weighted by Crippen LogP contribution is 2.20. The van der Waals surface area contributed by atoms with Crippen LogP contribution < -0.4 is 0 Å². The van der Waals surface area contributed by atoms with Crippen LogP contribution in [0.2, 0.25) is 0 Å². The Bertz CT molecular complexity index is 216. The SMILES string of the molecule is O=C(O)[C@@H]1O[C@H](CO)[C@@H](O)[C@@H](O)[C@@H]1O. The number of aliphatic carboxylic acids is 1. The Morgan fingerprint density at radius 3 is 2.14 bits per heavy atom. The Balaban J connectivity index is 2.78. The molecule has 0 aliphatic carbocycles. The van der Waals surface area contributed by atoms with Crippen LogP contribution in [-0.2, 0) is 9.53 Å². The van der Waals surface area contributed by atoms with Gasteiger partial charge >= 0.3 is 5.97 Å². The number of carboxylic acid groups (broad SMARTS) is 1. The summed E-state index contributed by atoms with van der Waals surface area (Å²) >= 11 is 0. The molecule has 0 unspecified atom stereocenters. The predicted molar refractivity (Wildman–Crippen MR) is 41.4 cm³/mol. The van der Waals surface area contributed by atoms with E-state index in [0.29, 0.717) is 0 Å². The quantitative estimate of drug-likeness (QED) is 0.325. The molecule has 0 bridgehead atoms. The number of ether oxygens (including phenoxy) is 1. The van der Waals surface area contributed by atoms with Crippen molar-refractivity contribution >= 4 is 5.97 Å². The summed E-state index contributed by atoms with van der Waals surface area (Å²) in [6, 6.07) is 0. The highest BCUT2D eigenvalue weighted by atomic mass is 16.6. The molecule has 0 aromatic carbocycles. The molecule has 1 heterocycles. The zero-order valence-electron chi connectivity index (χ0n) is 7.15. The van der Waals surface area contributed by atoms with Crippen LogP contribution in [0.15, 0.2) is 0 Å². The molecule has 1 fully saturated rings. The third kappa shape index (κ3) is 1.86. The van der Waals surface area contributed by atoms with Crippen LogP contribution in [-0.4, -0.2) is 68.6 Å². The van der Waals surface area contributed by atoms with E-state index < -0.39 is 43.1 Å². The molecule has 1 aliphatic rings. The maximum absolute atomic E-state index is 10.5. The van der Waals surface area contributed by atoms with E-state index in [2.05, 4.69) is 4.74 Å². The number of rotatable bonds is 2. The number of carboxylic acids is 1. The van der Waals surface area contributed by atoms with Crippen molar-refractivity contribution in [3.05, 3.63) is 0 Å². The van der Waals surface area contributed by atoms with Gasteiger partial charge in [0.15, 0.2) is 6.10 Å². The fourth-order valence-electron chi connectivity index (χ4n) is 1.31. The van der Waals surface area contributed by atoms with Gasteiger partial charge in [0.1, 0.15) is 24.4 Å². The topological polar surface area (TPSA) is 127 Å². The Hall–Kier alpha value is -0.730. The third-order valence-corrected chi connectivity index (χ3v) is 2.14. The van der Waals surface area contributed by atoms with E-state index in [1.165, 1.54) is 0 Å². The summed E-state index contributed by atoms with van der Waals surface area (Å²) in [5, 5.41) is 44.9. The number of aliphatic hydroxyl groups is 4. The van der Waals surface area contributed by atoms with Crippen molar-refractivity contribution in [3.63, 3.8) is 0 Å². The number of hydrogen-bond acceptors (Lipinski definition) is 6. The molecule has 1 saturated heterocycles. The lowest BCUT2D eigenvalue weighted by Crippen LogP contribution is -2.60. The maximum Gasteiger partial charge on any atom is 0.335 e. The highest BCUT2D eigenvalue weighted by Gasteiger charge is 2.46. The molecular formula is C7H12O7. The van der Waals surface area contributed by atoms with Crippen molar-refractivity contribution in [3.8, 4) is 0 Å². The third-order valence-electron chi connectivity index (χ3n) is 2.14. The van der Waals surface area contributed by atoms with Crippen molar-refractivity contribution in [2.75, 3.05) is 6.61 Å². The summed E-state index contributed by atoms with van der Waals surface area (Å²) in [7, 11) is 0. The largest absolute Gasteiger partial charge is 0.479 e. The van der Waals surface area contributed by atoms with E-state index in [1.54, 1.807) is 0 Å². The molecule has 0 radical (unpaired) electrons. The van der Waals surface area contributed by atoms with Crippen LogP contribution in [0.4, 0.5) is 0 Å². The van der Waals surface area contributed by atoms with Gasteiger partial charge in [-0.2, -0.15) is 0 Å². The van der Waals surface area contributed by atoms with Crippen molar-refractivity contribution < 1.29 is 35.1 Å². The van der Waals surface area contributed by atoms with Gasteiger partial charge in [-0.05, 0) is 0 Å². The second kappa shape index (κ2) is 4.20.